The minimum absolute atomic E-state index is 0. The van der Waals surface area contributed by atoms with E-state index in [2.05, 4.69) is 10.0 Å². The monoisotopic (exact) mass is 401 g/mol. The van der Waals surface area contributed by atoms with E-state index in [0.717, 1.165) is 39.0 Å². The number of halogens is 1. The zero-order chi connectivity index (χ0) is 17.9. The molecule has 6 nitrogen and oxygen atoms in total. The molecular formula is C18H28ClN3O3S. The van der Waals surface area contributed by atoms with Gasteiger partial charge in [0.15, 0.2) is 0 Å². The van der Waals surface area contributed by atoms with Crippen molar-refractivity contribution in [2.45, 2.75) is 32.6 Å². The van der Waals surface area contributed by atoms with E-state index in [4.69, 9.17) is 0 Å². The molecular weight excluding hydrogens is 374 g/mol. The maximum Gasteiger partial charge on any atom is 0.253 e. The van der Waals surface area contributed by atoms with Crippen LogP contribution in [0.3, 0.4) is 0 Å². The van der Waals surface area contributed by atoms with Crippen molar-refractivity contribution in [3.8, 4) is 0 Å². The average Bonchev–Trinajstić information content (AvgIpc) is 3.03. The van der Waals surface area contributed by atoms with Gasteiger partial charge in [-0.15, -0.1) is 12.4 Å². The molecule has 0 aromatic heterocycles. The van der Waals surface area contributed by atoms with Gasteiger partial charge in [-0.25, -0.2) is 8.42 Å². The number of hydrogen-bond donors (Lipinski definition) is 2. The third-order valence-corrected chi connectivity index (χ3v) is 6.81. The summed E-state index contributed by atoms with van der Waals surface area (Å²) in [5, 5.41) is 3.43. The van der Waals surface area contributed by atoms with Crippen molar-refractivity contribution in [3.05, 3.63) is 29.8 Å². The topological polar surface area (TPSA) is 78.5 Å². The highest BCUT2D eigenvalue weighted by Gasteiger charge is 2.38. The second kappa shape index (κ2) is 8.59. The number of nitrogens with one attached hydrogen (secondary N) is 2. The highest BCUT2D eigenvalue weighted by atomic mass is 35.5. The van der Waals surface area contributed by atoms with E-state index in [1.54, 1.807) is 24.3 Å². The Morgan fingerprint density at radius 3 is 2.38 bits per heavy atom. The van der Waals surface area contributed by atoms with Crippen molar-refractivity contribution < 1.29 is 13.2 Å². The number of anilines is 1. The number of nitrogens with zero attached hydrogens (tertiary/aromatic N) is 1. The molecule has 1 amide bonds. The summed E-state index contributed by atoms with van der Waals surface area (Å²) in [7, 11) is -3.30. The van der Waals surface area contributed by atoms with Crippen molar-refractivity contribution >= 4 is 34.0 Å². The van der Waals surface area contributed by atoms with Crippen LogP contribution in [0, 0.1) is 5.41 Å². The number of carbonyl (C=O) groups is 1. The first kappa shape index (κ1) is 21.0. The Morgan fingerprint density at radius 2 is 1.85 bits per heavy atom. The first-order valence-corrected chi connectivity index (χ1v) is 10.7. The molecule has 0 atom stereocenters. The first-order valence-electron chi connectivity index (χ1n) is 9.04. The zero-order valence-electron chi connectivity index (χ0n) is 15.2. The van der Waals surface area contributed by atoms with Gasteiger partial charge in [0.1, 0.15) is 0 Å². The van der Waals surface area contributed by atoms with E-state index in [9.17, 15) is 13.2 Å². The van der Waals surface area contributed by atoms with Crippen LogP contribution in [0.5, 0.6) is 0 Å². The van der Waals surface area contributed by atoms with Crippen LogP contribution in [0.2, 0.25) is 0 Å². The third kappa shape index (κ3) is 4.90. The predicted octanol–water partition coefficient (Wildman–Crippen LogP) is 2.48. The number of benzene rings is 1. The average molecular weight is 402 g/mol. The molecule has 0 saturated carbocycles. The highest BCUT2D eigenvalue weighted by Crippen LogP contribution is 2.37. The summed E-state index contributed by atoms with van der Waals surface area (Å²) < 4.78 is 26.1. The summed E-state index contributed by atoms with van der Waals surface area (Å²) in [6.07, 6.45) is 3.89. The predicted molar refractivity (Wildman–Crippen MR) is 106 cm³/mol. The van der Waals surface area contributed by atoms with Crippen LogP contribution in [0.15, 0.2) is 24.3 Å². The maximum absolute atomic E-state index is 12.7. The Hall–Kier alpha value is -1.31. The van der Waals surface area contributed by atoms with Crippen LogP contribution in [-0.4, -0.2) is 51.2 Å². The molecule has 3 rings (SSSR count). The molecule has 0 bridgehead atoms. The Bertz CT molecular complexity index is 706. The van der Waals surface area contributed by atoms with Crippen LogP contribution in [0.25, 0.3) is 0 Å². The van der Waals surface area contributed by atoms with Gasteiger partial charge in [-0.3, -0.25) is 9.52 Å². The summed E-state index contributed by atoms with van der Waals surface area (Å²) in [5.74, 6) is 0.127. The molecule has 2 heterocycles. The number of piperidine rings is 1. The van der Waals surface area contributed by atoms with E-state index in [1.807, 2.05) is 11.8 Å². The SMILES string of the molecule is CCCS(=O)(=O)Nc1ccc(C(=O)N2CCC3(CCNC3)CC2)cc1.Cl. The highest BCUT2D eigenvalue weighted by molar-refractivity contribution is 7.92. The Kier molecular flexibility index (Phi) is 6.93. The van der Waals surface area contributed by atoms with E-state index in [-0.39, 0.29) is 24.1 Å². The van der Waals surface area contributed by atoms with Crippen LogP contribution >= 0.6 is 12.4 Å². The smallest absolute Gasteiger partial charge is 0.253 e. The van der Waals surface area contributed by atoms with Crippen molar-refractivity contribution in [1.82, 2.24) is 10.2 Å². The van der Waals surface area contributed by atoms with Crippen LogP contribution in [0.4, 0.5) is 5.69 Å². The van der Waals surface area contributed by atoms with Gasteiger partial charge in [0.25, 0.3) is 5.91 Å². The molecule has 2 N–H and O–H groups in total. The fraction of sp³-hybridized carbons (Fsp3) is 0.611. The van der Waals surface area contributed by atoms with Gasteiger partial charge >= 0.3 is 0 Å². The number of amides is 1. The van der Waals surface area contributed by atoms with Crippen molar-refractivity contribution in [2.75, 3.05) is 36.7 Å². The number of hydrogen-bond acceptors (Lipinski definition) is 4. The Morgan fingerprint density at radius 1 is 1.19 bits per heavy atom. The van der Waals surface area contributed by atoms with Gasteiger partial charge in [0, 0.05) is 30.9 Å². The maximum atomic E-state index is 12.7. The summed E-state index contributed by atoms with van der Waals surface area (Å²) in [6.45, 7) is 5.58. The molecule has 0 unspecified atom stereocenters. The van der Waals surface area contributed by atoms with E-state index in [1.165, 1.54) is 6.42 Å². The van der Waals surface area contributed by atoms with Crippen LogP contribution < -0.4 is 10.0 Å². The summed E-state index contributed by atoms with van der Waals surface area (Å²) >= 11 is 0. The molecule has 0 radical (unpaired) electrons. The molecule has 1 spiro atoms. The molecule has 1 aromatic carbocycles. The summed E-state index contributed by atoms with van der Waals surface area (Å²) in [4.78, 5) is 14.6. The lowest BCUT2D eigenvalue weighted by molar-refractivity contribution is 0.0607. The van der Waals surface area contributed by atoms with Gasteiger partial charge in [0.05, 0.1) is 5.75 Å². The first-order chi connectivity index (χ1) is 11.9. The molecule has 2 aliphatic heterocycles. The number of likely N-dealkylation sites (tertiary alicyclic amines) is 1. The standard InChI is InChI=1S/C18H27N3O3S.ClH/c1-2-13-25(23,24)20-16-5-3-15(4-6-16)17(22)21-11-8-18(9-12-21)7-10-19-14-18;/h3-6,19-20H,2,7-14H2,1H3;1H. The lowest BCUT2D eigenvalue weighted by Gasteiger charge is -2.38. The largest absolute Gasteiger partial charge is 0.339 e. The van der Waals surface area contributed by atoms with Crippen molar-refractivity contribution in [2.24, 2.45) is 5.41 Å². The van der Waals surface area contributed by atoms with Crippen molar-refractivity contribution in [1.29, 1.82) is 0 Å². The second-order valence-corrected chi connectivity index (χ2v) is 9.06. The quantitative estimate of drug-likeness (QED) is 0.794. The molecule has 146 valence electrons. The second-order valence-electron chi connectivity index (χ2n) is 7.22. The van der Waals surface area contributed by atoms with Gasteiger partial charge in [0.2, 0.25) is 10.0 Å². The van der Waals surface area contributed by atoms with Gasteiger partial charge < -0.3 is 10.2 Å². The molecule has 1 aromatic rings. The van der Waals surface area contributed by atoms with E-state index < -0.39 is 10.0 Å². The van der Waals surface area contributed by atoms with Crippen LogP contribution in [0.1, 0.15) is 43.0 Å². The van der Waals surface area contributed by atoms with Crippen molar-refractivity contribution in [3.63, 3.8) is 0 Å². The Labute approximate surface area is 162 Å². The molecule has 2 aliphatic rings. The van der Waals surface area contributed by atoms with Gasteiger partial charge in [-0.1, -0.05) is 6.92 Å². The number of sulfonamides is 1. The summed E-state index contributed by atoms with van der Waals surface area (Å²) in [5.41, 5.74) is 1.50. The fourth-order valence-corrected chi connectivity index (χ4v) is 4.90. The van der Waals surface area contributed by atoms with Gasteiger partial charge in [-0.05, 0) is 61.9 Å². The number of rotatable bonds is 5. The number of carbonyl (C=O) groups excluding carboxylic acids is 1. The molecule has 2 saturated heterocycles. The van der Waals surface area contributed by atoms with Crippen LogP contribution in [-0.2, 0) is 10.0 Å². The Balaban J connectivity index is 0.00000243. The molecule has 8 heteroatoms. The van der Waals surface area contributed by atoms with E-state index in [0.29, 0.717) is 23.1 Å². The fourth-order valence-electron chi connectivity index (χ4n) is 3.77. The lowest BCUT2D eigenvalue weighted by atomic mass is 9.78. The molecule has 0 aliphatic carbocycles. The minimum Gasteiger partial charge on any atom is -0.339 e. The van der Waals surface area contributed by atoms with Gasteiger partial charge in [-0.2, -0.15) is 0 Å². The zero-order valence-corrected chi connectivity index (χ0v) is 16.8. The molecule has 26 heavy (non-hydrogen) atoms. The lowest BCUT2D eigenvalue weighted by Crippen LogP contribution is -2.44. The normalized spacial score (nSPS) is 19.2. The minimum atomic E-state index is -3.30. The summed E-state index contributed by atoms with van der Waals surface area (Å²) in [6, 6.07) is 6.72. The molecule has 2 fully saturated rings. The van der Waals surface area contributed by atoms with E-state index >= 15 is 0 Å². The third-order valence-electron chi connectivity index (χ3n) is 5.32.